The van der Waals surface area contributed by atoms with E-state index in [4.69, 9.17) is 17.4 Å². The van der Waals surface area contributed by atoms with Crippen molar-refractivity contribution in [1.29, 1.82) is 0 Å². The molecule has 0 aliphatic carbocycles. The maximum atomic E-state index is 13.6. The van der Waals surface area contributed by atoms with Gasteiger partial charge < -0.3 is 10.2 Å². The molecule has 0 unspecified atom stereocenters. The average Bonchev–Trinajstić information content (AvgIpc) is 3.12. The smallest absolute Gasteiger partial charge is 0.279 e. The van der Waals surface area contributed by atoms with Gasteiger partial charge in [-0.05, 0) is 58.9 Å². The van der Waals surface area contributed by atoms with Crippen molar-refractivity contribution in [3.8, 4) is 0 Å². The van der Waals surface area contributed by atoms with Crippen molar-refractivity contribution in [1.82, 2.24) is 5.43 Å². The van der Waals surface area contributed by atoms with Gasteiger partial charge in [0, 0.05) is 10.0 Å². The molecule has 0 saturated carbocycles. The molecule has 0 aromatic heterocycles. The number of nitrogens with one attached hydrogen (secondary N) is 2. The van der Waals surface area contributed by atoms with E-state index in [1.807, 2.05) is 60.7 Å². The second kappa shape index (κ2) is 10.0. The summed E-state index contributed by atoms with van der Waals surface area (Å²) in [6.45, 7) is 0.354. The zero-order chi connectivity index (χ0) is 26.2. The van der Waals surface area contributed by atoms with Gasteiger partial charge in [-0.2, -0.15) is 5.10 Å². The molecule has 8 nitrogen and oxygen atoms in total. The summed E-state index contributed by atoms with van der Waals surface area (Å²) < 4.78 is 24.6. The number of halogens is 1. The molecule has 11 heteroatoms. The fourth-order valence-corrected chi connectivity index (χ4v) is 5.42. The Morgan fingerprint density at radius 2 is 1.73 bits per heavy atom. The summed E-state index contributed by atoms with van der Waals surface area (Å²) in [7, 11) is -3.97. The molecule has 1 aliphatic rings. The zero-order valence-electron chi connectivity index (χ0n) is 19.2. The molecule has 0 saturated heterocycles. The van der Waals surface area contributed by atoms with E-state index in [-0.39, 0.29) is 27.3 Å². The first-order valence-corrected chi connectivity index (χ1v) is 13.8. The largest absolute Gasteiger partial charge is 0.330 e. The maximum absolute atomic E-state index is 13.6. The molecule has 4 aromatic rings. The van der Waals surface area contributed by atoms with E-state index in [1.54, 1.807) is 17.0 Å². The number of carbonyl (C=O) groups is 1. The van der Waals surface area contributed by atoms with Gasteiger partial charge in [0.1, 0.15) is 4.90 Å². The number of fused-ring (bicyclic) bond motifs is 2. The lowest BCUT2D eigenvalue weighted by molar-refractivity contribution is -0.112. The van der Waals surface area contributed by atoms with Gasteiger partial charge in [-0.25, -0.2) is 13.6 Å². The van der Waals surface area contributed by atoms with Gasteiger partial charge in [-0.1, -0.05) is 70.5 Å². The summed E-state index contributed by atoms with van der Waals surface area (Å²) >= 11 is 8.80. The Kier molecular flexibility index (Phi) is 6.78. The number of amides is 1. The number of thiocarbonyl (C=S) groups is 1. The van der Waals surface area contributed by atoms with Crippen LogP contribution in [0.3, 0.4) is 0 Å². The maximum Gasteiger partial charge on any atom is 0.279 e. The minimum absolute atomic E-state index is 0.00238. The van der Waals surface area contributed by atoms with E-state index in [1.165, 1.54) is 12.1 Å². The number of hydrazone groups is 1. The van der Waals surface area contributed by atoms with E-state index in [9.17, 15) is 13.2 Å². The van der Waals surface area contributed by atoms with Crippen LogP contribution in [0, 0.1) is 0 Å². The highest BCUT2D eigenvalue weighted by Gasteiger charge is 2.34. The number of hydrogen-bond donors (Lipinski definition) is 3. The Morgan fingerprint density at radius 1 is 1.00 bits per heavy atom. The van der Waals surface area contributed by atoms with Gasteiger partial charge in [-0.3, -0.25) is 10.2 Å². The standard InChI is InChI=1S/C26H20BrN5O3S2/c27-18-12-13-20-22(14-18)32(15-17-8-5-7-16-6-1-2-9-19(16)17)25(33)24(20)30-31-26(36)29-21-10-3-4-11-23(21)37(28,34)35/h1-14H,15H2,(H2,28,34,35)(H2,29,31,36). The van der Waals surface area contributed by atoms with Gasteiger partial charge in [-0.15, -0.1) is 0 Å². The molecule has 4 aromatic carbocycles. The van der Waals surface area contributed by atoms with Gasteiger partial charge in [0.05, 0.1) is 17.9 Å². The zero-order valence-corrected chi connectivity index (χ0v) is 22.4. The molecular formula is C26H20BrN5O3S2. The number of hydrogen-bond acceptors (Lipinski definition) is 5. The monoisotopic (exact) mass is 593 g/mol. The van der Waals surface area contributed by atoms with E-state index in [2.05, 4.69) is 31.8 Å². The van der Waals surface area contributed by atoms with Crippen LogP contribution in [0.25, 0.3) is 10.8 Å². The number of benzene rings is 4. The molecule has 0 atom stereocenters. The Labute approximate surface area is 227 Å². The van der Waals surface area contributed by atoms with Crippen LogP contribution in [-0.4, -0.2) is 25.1 Å². The van der Waals surface area contributed by atoms with Crippen molar-refractivity contribution in [3.63, 3.8) is 0 Å². The Hall–Kier alpha value is -3.64. The van der Waals surface area contributed by atoms with Crippen molar-refractivity contribution in [2.45, 2.75) is 11.4 Å². The van der Waals surface area contributed by atoms with Crippen molar-refractivity contribution >= 4 is 77.0 Å². The molecule has 1 amide bonds. The highest BCUT2D eigenvalue weighted by molar-refractivity contribution is 9.10. The summed E-state index contributed by atoms with van der Waals surface area (Å²) in [6, 6.07) is 25.7. The summed E-state index contributed by atoms with van der Waals surface area (Å²) in [5, 5.41) is 14.5. The lowest BCUT2D eigenvalue weighted by atomic mass is 10.0. The molecule has 1 heterocycles. The van der Waals surface area contributed by atoms with Gasteiger partial charge >= 0.3 is 0 Å². The Balaban J connectivity index is 1.43. The van der Waals surface area contributed by atoms with Gasteiger partial charge in [0.25, 0.3) is 5.91 Å². The number of sulfonamides is 1. The first kappa shape index (κ1) is 25.0. The van der Waals surface area contributed by atoms with Crippen molar-refractivity contribution < 1.29 is 13.2 Å². The molecule has 0 bridgehead atoms. The Bertz CT molecular complexity index is 1700. The van der Waals surface area contributed by atoms with Crippen LogP contribution >= 0.6 is 28.1 Å². The molecule has 0 spiro atoms. The van der Waals surface area contributed by atoms with Crippen molar-refractivity contribution in [3.05, 3.63) is 101 Å². The lowest BCUT2D eigenvalue weighted by Crippen LogP contribution is -2.32. The summed E-state index contributed by atoms with van der Waals surface area (Å²) in [5.74, 6) is -0.290. The molecule has 0 radical (unpaired) electrons. The van der Waals surface area contributed by atoms with Gasteiger partial charge in [0.2, 0.25) is 10.0 Å². The SMILES string of the molecule is NS(=O)(=O)c1ccccc1NC(=S)NN=C1C(=O)N(Cc2cccc3ccccc23)c2cc(Br)ccc21. The van der Waals surface area contributed by atoms with Crippen LogP contribution in [0.4, 0.5) is 11.4 Å². The van der Waals surface area contributed by atoms with E-state index < -0.39 is 10.0 Å². The van der Waals surface area contributed by atoms with Crippen molar-refractivity contribution in [2.24, 2.45) is 10.2 Å². The van der Waals surface area contributed by atoms with E-state index >= 15 is 0 Å². The minimum atomic E-state index is -3.97. The number of carbonyl (C=O) groups excluding carboxylic acids is 1. The summed E-state index contributed by atoms with van der Waals surface area (Å²) in [5.41, 5.74) is 5.41. The molecule has 37 heavy (non-hydrogen) atoms. The first-order valence-electron chi connectivity index (χ1n) is 11.1. The number of rotatable bonds is 5. The third kappa shape index (κ3) is 5.12. The van der Waals surface area contributed by atoms with E-state index in [0.717, 1.165) is 20.8 Å². The summed E-state index contributed by atoms with van der Waals surface area (Å²) in [4.78, 5) is 15.1. The topological polar surface area (TPSA) is 117 Å². The number of anilines is 2. The highest BCUT2D eigenvalue weighted by Crippen LogP contribution is 2.34. The normalized spacial score (nSPS) is 14.2. The number of primary sulfonamides is 1. The van der Waals surface area contributed by atoms with E-state index in [0.29, 0.717) is 17.8 Å². The van der Waals surface area contributed by atoms with Crippen LogP contribution in [-0.2, 0) is 21.4 Å². The molecule has 4 N–H and O–H groups in total. The summed E-state index contributed by atoms with van der Waals surface area (Å²) in [6.07, 6.45) is 0. The van der Waals surface area contributed by atoms with Crippen LogP contribution < -0.4 is 20.8 Å². The van der Waals surface area contributed by atoms with Crippen LogP contribution in [0.15, 0.2) is 99.4 Å². The third-order valence-corrected chi connectivity index (χ3v) is 7.53. The molecule has 186 valence electrons. The molecule has 1 aliphatic heterocycles. The van der Waals surface area contributed by atoms with Crippen LogP contribution in [0.5, 0.6) is 0 Å². The number of nitrogens with two attached hydrogens (primary N) is 1. The van der Waals surface area contributed by atoms with Crippen LogP contribution in [0.2, 0.25) is 0 Å². The fourth-order valence-electron chi connectivity index (χ4n) is 4.22. The Morgan fingerprint density at radius 3 is 2.54 bits per heavy atom. The van der Waals surface area contributed by atoms with Crippen LogP contribution in [0.1, 0.15) is 11.1 Å². The second-order valence-electron chi connectivity index (χ2n) is 8.26. The predicted octanol–water partition coefficient (Wildman–Crippen LogP) is 4.49. The fraction of sp³-hybridized carbons (Fsp3) is 0.0385. The van der Waals surface area contributed by atoms with Crippen molar-refractivity contribution in [2.75, 3.05) is 10.2 Å². The first-order chi connectivity index (χ1) is 17.7. The predicted molar refractivity (Wildman–Crippen MR) is 153 cm³/mol. The second-order valence-corrected chi connectivity index (χ2v) is 11.1. The quantitative estimate of drug-likeness (QED) is 0.232. The third-order valence-electron chi connectivity index (χ3n) is 5.87. The minimum Gasteiger partial charge on any atom is -0.330 e. The molecule has 0 fully saturated rings. The number of nitrogens with zero attached hydrogens (tertiary/aromatic N) is 2. The highest BCUT2D eigenvalue weighted by atomic mass is 79.9. The van der Waals surface area contributed by atoms with Gasteiger partial charge in [0.15, 0.2) is 10.8 Å². The lowest BCUT2D eigenvalue weighted by Gasteiger charge is -2.18. The molecular weight excluding hydrogens is 574 g/mol. The number of para-hydroxylation sites is 1. The molecule has 5 rings (SSSR count). The average molecular weight is 595 g/mol.